The molecule has 0 saturated carbocycles. The maximum atomic E-state index is 12.6. The van der Waals surface area contributed by atoms with Crippen LogP contribution in [-0.4, -0.2) is 15.0 Å². The summed E-state index contributed by atoms with van der Waals surface area (Å²) in [5.74, 6) is 4.98. The maximum Gasteiger partial charge on any atom is 0.416 e. The Hall–Kier alpha value is -2.01. The Morgan fingerprint density at radius 3 is 2.38 bits per heavy atom. The van der Waals surface area contributed by atoms with Gasteiger partial charge in [-0.3, -0.25) is 0 Å². The third kappa shape index (κ3) is 4.99. The molecule has 24 heavy (non-hydrogen) atoms. The Labute approximate surface area is 142 Å². The Kier molecular flexibility index (Phi) is 5.54. The van der Waals surface area contributed by atoms with E-state index in [1.165, 1.54) is 36.4 Å². The van der Waals surface area contributed by atoms with Gasteiger partial charge in [0.05, 0.1) is 17.0 Å². The highest BCUT2D eigenvalue weighted by Crippen LogP contribution is 2.29. The second-order valence-corrected chi connectivity index (χ2v) is 6.86. The third-order valence-corrected chi connectivity index (χ3v) is 4.57. The smallest absolute Gasteiger partial charge is 0.207 e. The molecule has 0 bridgehead atoms. The van der Waals surface area contributed by atoms with Gasteiger partial charge in [0.2, 0.25) is 10.0 Å². The van der Waals surface area contributed by atoms with E-state index in [4.69, 9.17) is 11.6 Å². The zero-order valence-corrected chi connectivity index (χ0v) is 13.6. The second-order valence-electron chi connectivity index (χ2n) is 4.66. The van der Waals surface area contributed by atoms with Gasteiger partial charge < -0.3 is 0 Å². The number of alkyl halides is 3. The summed E-state index contributed by atoms with van der Waals surface area (Å²) in [5, 5.41) is 0.401. The number of benzene rings is 2. The molecule has 3 nitrogen and oxygen atoms in total. The van der Waals surface area contributed by atoms with E-state index in [1.807, 2.05) is 0 Å². The van der Waals surface area contributed by atoms with Crippen molar-refractivity contribution in [2.75, 3.05) is 6.54 Å². The number of hydrogen-bond donors (Lipinski definition) is 1. The zero-order chi connectivity index (χ0) is 17.8. The fourth-order valence-corrected chi connectivity index (χ4v) is 2.80. The average molecular weight is 374 g/mol. The molecule has 2 aromatic rings. The minimum Gasteiger partial charge on any atom is -0.207 e. The van der Waals surface area contributed by atoms with Gasteiger partial charge in [-0.15, -0.1) is 0 Å². The average Bonchev–Trinajstić information content (AvgIpc) is 2.51. The lowest BCUT2D eigenvalue weighted by Gasteiger charge is -2.06. The number of nitrogens with one attached hydrogen (secondary N) is 1. The summed E-state index contributed by atoms with van der Waals surface area (Å²) in [5.41, 5.74) is -0.661. The predicted molar refractivity (Wildman–Crippen MR) is 85.0 cm³/mol. The predicted octanol–water partition coefficient (Wildman–Crippen LogP) is 3.69. The van der Waals surface area contributed by atoms with Gasteiger partial charge in [-0.05, 0) is 42.5 Å². The van der Waals surface area contributed by atoms with Gasteiger partial charge in [0.15, 0.2) is 0 Å². The molecule has 0 spiro atoms. The van der Waals surface area contributed by atoms with Gasteiger partial charge in [-0.2, -0.15) is 17.9 Å². The van der Waals surface area contributed by atoms with Crippen LogP contribution in [0.3, 0.4) is 0 Å². The van der Waals surface area contributed by atoms with E-state index in [0.29, 0.717) is 5.02 Å². The summed E-state index contributed by atoms with van der Waals surface area (Å²) in [6.07, 6.45) is -4.45. The van der Waals surface area contributed by atoms with Crippen molar-refractivity contribution >= 4 is 21.6 Å². The fourth-order valence-electron chi connectivity index (χ4n) is 1.75. The van der Waals surface area contributed by atoms with Crippen LogP contribution in [0.1, 0.15) is 11.1 Å². The molecule has 2 rings (SSSR count). The van der Waals surface area contributed by atoms with E-state index < -0.39 is 21.8 Å². The van der Waals surface area contributed by atoms with Crippen LogP contribution in [0.2, 0.25) is 5.02 Å². The lowest BCUT2D eigenvalue weighted by Crippen LogP contribution is -2.23. The van der Waals surface area contributed by atoms with E-state index in [-0.39, 0.29) is 17.0 Å². The van der Waals surface area contributed by atoms with Crippen molar-refractivity contribution in [2.45, 2.75) is 11.1 Å². The topological polar surface area (TPSA) is 46.2 Å². The van der Waals surface area contributed by atoms with Gasteiger partial charge in [0.1, 0.15) is 0 Å². The Bertz CT molecular complexity index is 882. The summed E-state index contributed by atoms with van der Waals surface area (Å²) in [7, 11) is -3.75. The van der Waals surface area contributed by atoms with Crippen molar-refractivity contribution < 1.29 is 21.6 Å². The van der Waals surface area contributed by atoms with Crippen LogP contribution in [0.25, 0.3) is 0 Å². The summed E-state index contributed by atoms with van der Waals surface area (Å²) in [4.78, 5) is 0.0211. The number of halogens is 4. The molecular formula is C16H11ClF3NO2S. The lowest BCUT2D eigenvalue weighted by molar-refractivity contribution is -0.137. The van der Waals surface area contributed by atoms with Gasteiger partial charge in [-0.25, -0.2) is 8.42 Å². The normalized spacial score (nSPS) is 11.7. The molecule has 0 aliphatic heterocycles. The third-order valence-electron chi connectivity index (χ3n) is 2.90. The second kappa shape index (κ2) is 7.26. The molecule has 8 heteroatoms. The number of sulfonamides is 1. The molecule has 0 unspecified atom stereocenters. The quantitative estimate of drug-likeness (QED) is 0.834. The van der Waals surface area contributed by atoms with Crippen molar-refractivity contribution in [3.63, 3.8) is 0 Å². The van der Waals surface area contributed by atoms with Crippen LogP contribution in [0.5, 0.6) is 0 Å². The summed E-state index contributed by atoms with van der Waals surface area (Å²) in [6.45, 7) is -0.235. The monoisotopic (exact) mass is 373 g/mol. The van der Waals surface area contributed by atoms with Crippen molar-refractivity contribution in [1.82, 2.24) is 4.72 Å². The molecule has 0 fully saturated rings. The fraction of sp³-hybridized carbons (Fsp3) is 0.125. The molecule has 1 N–H and O–H groups in total. The summed E-state index contributed by atoms with van der Waals surface area (Å²) >= 11 is 5.68. The van der Waals surface area contributed by atoms with E-state index in [2.05, 4.69) is 16.6 Å². The highest BCUT2D eigenvalue weighted by molar-refractivity contribution is 7.89. The van der Waals surface area contributed by atoms with Crippen molar-refractivity contribution in [3.05, 3.63) is 64.7 Å². The molecule has 0 aliphatic carbocycles. The largest absolute Gasteiger partial charge is 0.416 e. The number of rotatable bonds is 3. The summed E-state index contributed by atoms with van der Waals surface area (Å²) < 4.78 is 63.9. The van der Waals surface area contributed by atoms with Crippen LogP contribution in [0.15, 0.2) is 53.4 Å². The van der Waals surface area contributed by atoms with Crippen LogP contribution in [-0.2, 0) is 16.2 Å². The highest BCUT2D eigenvalue weighted by Gasteiger charge is 2.30. The van der Waals surface area contributed by atoms with Crippen LogP contribution in [0, 0.1) is 11.8 Å². The first kappa shape index (κ1) is 18.3. The SMILES string of the molecule is O=S(=O)(NCC#Cc1cccc(C(F)(F)F)c1)c1ccc(Cl)cc1. The number of hydrogen-bond acceptors (Lipinski definition) is 2. The van der Waals surface area contributed by atoms with Gasteiger partial charge in [-0.1, -0.05) is 29.5 Å². The van der Waals surface area contributed by atoms with E-state index >= 15 is 0 Å². The van der Waals surface area contributed by atoms with Crippen LogP contribution >= 0.6 is 11.6 Å². The maximum absolute atomic E-state index is 12.6. The summed E-state index contributed by atoms with van der Waals surface area (Å²) in [6, 6.07) is 10.0. The van der Waals surface area contributed by atoms with E-state index in [9.17, 15) is 21.6 Å². The Morgan fingerprint density at radius 1 is 1.08 bits per heavy atom. The van der Waals surface area contributed by atoms with Gasteiger partial charge in [0.25, 0.3) is 0 Å². The van der Waals surface area contributed by atoms with Crippen molar-refractivity contribution in [1.29, 1.82) is 0 Å². The van der Waals surface area contributed by atoms with Gasteiger partial charge >= 0.3 is 6.18 Å². The minimum absolute atomic E-state index is 0.0211. The molecule has 126 valence electrons. The van der Waals surface area contributed by atoms with Crippen molar-refractivity contribution in [2.24, 2.45) is 0 Å². The van der Waals surface area contributed by atoms with Gasteiger partial charge in [0, 0.05) is 10.6 Å². The Balaban J connectivity index is 2.05. The molecule has 0 aliphatic rings. The van der Waals surface area contributed by atoms with Crippen LogP contribution < -0.4 is 4.72 Å². The van der Waals surface area contributed by atoms with E-state index in [0.717, 1.165) is 12.1 Å². The molecule has 0 aromatic heterocycles. The first-order valence-electron chi connectivity index (χ1n) is 6.60. The standard InChI is InChI=1S/C16H11ClF3NO2S/c17-14-6-8-15(9-7-14)24(22,23)21-10-2-4-12-3-1-5-13(11-12)16(18,19)20/h1,3,5-9,11,21H,10H2. The molecule has 0 atom stereocenters. The molecule has 0 amide bonds. The van der Waals surface area contributed by atoms with E-state index in [1.54, 1.807) is 0 Å². The zero-order valence-electron chi connectivity index (χ0n) is 12.1. The van der Waals surface area contributed by atoms with Crippen molar-refractivity contribution in [3.8, 4) is 11.8 Å². The Morgan fingerprint density at radius 2 is 1.75 bits per heavy atom. The first-order chi connectivity index (χ1) is 11.2. The first-order valence-corrected chi connectivity index (χ1v) is 8.46. The molecular weight excluding hydrogens is 363 g/mol. The molecule has 0 radical (unpaired) electrons. The highest BCUT2D eigenvalue weighted by atomic mass is 35.5. The molecule has 2 aromatic carbocycles. The van der Waals surface area contributed by atoms with Crippen LogP contribution in [0.4, 0.5) is 13.2 Å². The lowest BCUT2D eigenvalue weighted by atomic mass is 10.1. The molecule has 0 heterocycles. The molecule has 0 saturated heterocycles. The minimum atomic E-state index is -4.45.